The molecular formula is C18H17ClFN5OS2. The maximum absolute atomic E-state index is 13.8. The average Bonchev–Trinajstić information content (AvgIpc) is 2.98. The molecule has 0 aliphatic heterocycles. The fourth-order valence-electron chi connectivity index (χ4n) is 2.40. The van der Waals surface area contributed by atoms with Crippen LogP contribution in [0.2, 0.25) is 5.02 Å². The molecule has 0 aliphatic carbocycles. The molecule has 28 heavy (non-hydrogen) atoms. The van der Waals surface area contributed by atoms with Crippen molar-refractivity contribution in [2.45, 2.75) is 6.67 Å². The Morgan fingerprint density at radius 3 is 2.64 bits per heavy atom. The lowest BCUT2D eigenvalue weighted by Gasteiger charge is -2.16. The van der Waals surface area contributed by atoms with Crippen molar-refractivity contribution < 1.29 is 9.18 Å². The van der Waals surface area contributed by atoms with Crippen molar-refractivity contribution in [2.24, 2.45) is 0 Å². The fraction of sp³-hybridized carbons (Fsp3) is 0.167. The smallest absolute Gasteiger partial charge is 0.238 e. The minimum Gasteiger partial charge on any atom is -0.328 e. The minimum absolute atomic E-state index is 0.126. The van der Waals surface area contributed by atoms with Gasteiger partial charge in [0.2, 0.25) is 11.0 Å². The second-order valence-electron chi connectivity index (χ2n) is 5.96. The van der Waals surface area contributed by atoms with Crippen LogP contribution in [0.3, 0.4) is 0 Å². The van der Waals surface area contributed by atoms with Gasteiger partial charge in [-0.2, -0.15) is 0 Å². The summed E-state index contributed by atoms with van der Waals surface area (Å²) in [7, 11) is 1.78. The summed E-state index contributed by atoms with van der Waals surface area (Å²) >= 11 is 12.6. The van der Waals surface area contributed by atoms with Gasteiger partial charge in [0.1, 0.15) is 5.82 Å². The van der Waals surface area contributed by atoms with Gasteiger partial charge in [-0.3, -0.25) is 9.69 Å². The Morgan fingerprint density at radius 1 is 1.25 bits per heavy atom. The Morgan fingerprint density at radius 2 is 1.93 bits per heavy atom. The van der Waals surface area contributed by atoms with E-state index in [1.54, 1.807) is 59.1 Å². The number of aromatic nitrogens is 2. The first-order chi connectivity index (χ1) is 13.4. The van der Waals surface area contributed by atoms with Crippen LogP contribution in [-0.2, 0) is 11.5 Å². The number of amides is 1. The molecule has 2 N–H and O–H groups in total. The summed E-state index contributed by atoms with van der Waals surface area (Å²) < 4.78 is 15.8. The number of anilines is 3. The quantitative estimate of drug-likeness (QED) is 0.523. The summed E-state index contributed by atoms with van der Waals surface area (Å²) in [4.78, 5) is 14.0. The Labute approximate surface area is 175 Å². The second-order valence-corrected chi connectivity index (χ2v) is 7.99. The third kappa shape index (κ3) is 5.35. The van der Waals surface area contributed by atoms with E-state index in [1.165, 1.54) is 17.4 Å². The van der Waals surface area contributed by atoms with Crippen LogP contribution >= 0.6 is 35.2 Å². The average molecular weight is 438 g/mol. The standard InChI is InChI=1S/C18H17ClFN5OS2/c1-24(10-16(26)21-14-8-4-2-6-12(14)19)11-25-18(27)28-17(23-25)22-15-9-5-3-7-13(15)20/h2-9H,10-11H2,1H3,(H,21,26)(H,22,23). The summed E-state index contributed by atoms with van der Waals surface area (Å²) in [5.41, 5.74) is 0.884. The zero-order chi connectivity index (χ0) is 20.1. The molecule has 2 aromatic carbocycles. The number of hydrogen-bond donors (Lipinski definition) is 2. The molecule has 10 heteroatoms. The molecule has 0 bridgehead atoms. The molecule has 146 valence electrons. The Hall–Kier alpha value is -2.33. The van der Waals surface area contributed by atoms with Crippen molar-refractivity contribution in [2.75, 3.05) is 24.2 Å². The van der Waals surface area contributed by atoms with Crippen LogP contribution in [0.25, 0.3) is 0 Å². The minimum atomic E-state index is -0.372. The number of para-hydroxylation sites is 2. The van der Waals surface area contributed by atoms with Crippen LogP contribution < -0.4 is 10.6 Å². The number of carbonyl (C=O) groups excluding carboxylic acids is 1. The largest absolute Gasteiger partial charge is 0.328 e. The van der Waals surface area contributed by atoms with E-state index in [1.807, 2.05) is 0 Å². The van der Waals surface area contributed by atoms with Crippen molar-refractivity contribution in [3.05, 3.63) is 63.3 Å². The van der Waals surface area contributed by atoms with Gasteiger partial charge in [-0.15, -0.1) is 5.10 Å². The lowest BCUT2D eigenvalue weighted by molar-refractivity contribution is -0.117. The molecule has 1 amide bonds. The molecule has 0 unspecified atom stereocenters. The number of benzene rings is 2. The van der Waals surface area contributed by atoms with Crippen LogP contribution in [0.15, 0.2) is 48.5 Å². The molecule has 1 aromatic heterocycles. The predicted molar refractivity (Wildman–Crippen MR) is 113 cm³/mol. The summed E-state index contributed by atoms with van der Waals surface area (Å²) in [6.07, 6.45) is 0. The van der Waals surface area contributed by atoms with Gasteiger partial charge in [-0.25, -0.2) is 9.07 Å². The predicted octanol–water partition coefficient (Wildman–Crippen LogP) is 4.74. The first kappa shape index (κ1) is 20.4. The topological polar surface area (TPSA) is 62.2 Å². The Bertz CT molecular complexity index is 1040. The first-order valence-corrected chi connectivity index (χ1v) is 9.85. The maximum atomic E-state index is 13.8. The van der Waals surface area contributed by atoms with E-state index in [0.717, 1.165) is 0 Å². The number of rotatable bonds is 7. The SMILES string of the molecule is CN(CC(=O)Nc1ccccc1Cl)Cn1nc(Nc2ccccc2F)sc1=S. The zero-order valence-corrected chi connectivity index (χ0v) is 17.2. The van der Waals surface area contributed by atoms with E-state index in [2.05, 4.69) is 15.7 Å². The lowest BCUT2D eigenvalue weighted by atomic mass is 10.3. The highest BCUT2D eigenvalue weighted by Crippen LogP contribution is 2.23. The summed E-state index contributed by atoms with van der Waals surface area (Å²) in [5.74, 6) is -0.578. The Kier molecular flexibility index (Phi) is 6.74. The van der Waals surface area contributed by atoms with Crippen molar-refractivity contribution in [1.29, 1.82) is 0 Å². The number of carbonyl (C=O) groups is 1. The van der Waals surface area contributed by atoms with E-state index in [-0.39, 0.29) is 18.3 Å². The highest BCUT2D eigenvalue weighted by molar-refractivity contribution is 7.73. The van der Waals surface area contributed by atoms with E-state index in [0.29, 0.717) is 32.2 Å². The summed E-state index contributed by atoms with van der Waals surface area (Å²) in [6, 6.07) is 13.4. The monoisotopic (exact) mass is 437 g/mol. The van der Waals surface area contributed by atoms with Crippen LogP contribution in [0, 0.1) is 9.77 Å². The molecule has 0 saturated carbocycles. The fourth-order valence-corrected chi connectivity index (χ4v) is 3.59. The van der Waals surface area contributed by atoms with E-state index < -0.39 is 0 Å². The molecular weight excluding hydrogens is 421 g/mol. The summed E-state index contributed by atoms with van der Waals surface area (Å²) in [6.45, 7) is 0.435. The van der Waals surface area contributed by atoms with Crippen molar-refractivity contribution >= 4 is 57.6 Å². The molecule has 0 atom stereocenters. The van der Waals surface area contributed by atoms with Gasteiger partial charge in [0.25, 0.3) is 0 Å². The maximum Gasteiger partial charge on any atom is 0.238 e. The normalized spacial score (nSPS) is 10.9. The van der Waals surface area contributed by atoms with Crippen molar-refractivity contribution in [3.63, 3.8) is 0 Å². The number of nitrogens with one attached hydrogen (secondary N) is 2. The molecule has 0 spiro atoms. The number of nitrogens with zero attached hydrogens (tertiary/aromatic N) is 3. The lowest BCUT2D eigenvalue weighted by Crippen LogP contribution is -2.32. The highest BCUT2D eigenvalue weighted by Gasteiger charge is 2.12. The van der Waals surface area contributed by atoms with Crippen LogP contribution in [0.5, 0.6) is 0 Å². The highest BCUT2D eigenvalue weighted by atomic mass is 35.5. The van der Waals surface area contributed by atoms with Gasteiger partial charge in [0.15, 0.2) is 3.95 Å². The molecule has 0 radical (unpaired) electrons. The van der Waals surface area contributed by atoms with E-state index >= 15 is 0 Å². The number of halogens is 2. The number of likely N-dealkylation sites (N-methyl/N-ethyl adjacent to an activating group) is 1. The van der Waals surface area contributed by atoms with Gasteiger partial charge >= 0.3 is 0 Å². The first-order valence-electron chi connectivity index (χ1n) is 8.25. The van der Waals surface area contributed by atoms with Crippen molar-refractivity contribution in [1.82, 2.24) is 14.7 Å². The Balaban J connectivity index is 1.60. The number of hydrogen-bond acceptors (Lipinski definition) is 6. The molecule has 0 saturated heterocycles. The van der Waals surface area contributed by atoms with Crippen molar-refractivity contribution in [3.8, 4) is 0 Å². The van der Waals surface area contributed by atoms with Crippen LogP contribution in [-0.4, -0.2) is 34.2 Å². The third-order valence-electron chi connectivity index (χ3n) is 3.66. The molecule has 3 aromatic rings. The van der Waals surface area contributed by atoms with E-state index in [4.69, 9.17) is 23.8 Å². The second kappa shape index (κ2) is 9.24. The van der Waals surface area contributed by atoms with E-state index in [9.17, 15) is 9.18 Å². The zero-order valence-electron chi connectivity index (χ0n) is 14.9. The summed E-state index contributed by atoms with van der Waals surface area (Å²) in [5, 5.41) is 11.0. The van der Waals surface area contributed by atoms with Crippen LogP contribution in [0.1, 0.15) is 0 Å². The van der Waals surface area contributed by atoms with Gasteiger partial charge in [-0.05, 0) is 43.5 Å². The van der Waals surface area contributed by atoms with Gasteiger partial charge in [0.05, 0.1) is 29.6 Å². The molecule has 1 heterocycles. The molecule has 6 nitrogen and oxygen atoms in total. The third-order valence-corrected chi connectivity index (χ3v) is 5.21. The molecule has 3 rings (SSSR count). The van der Waals surface area contributed by atoms with Gasteiger partial charge < -0.3 is 10.6 Å². The van der Waals surface area contributed by atoms with Gasteiger partial charge in [-0.1, -0.05) is 47.2 Å². The molecule has 0 aliphatic rings. The van der Waals surface area contributed by atoms with Crippen LogP contribution in [0.4, 0.5) is 20.9 Å². The van der Waals surface area contributed by atoms with Gasteiger partial charge in [0, 0.05) is 0 Å². The molecule has 0 fully saturated rings.